The van der Waals surface area contributed by atoms with Gasteiger partial charge >= 0.3 is 7.12 Å². The largest absolute Gasteiger partial charge is 0.508 e. The van der Waals surface area contributed by atoms with E-state index >= 15 is 0 Å². The highest BCUT2D eigenvalue weighted by atomic mass is 16.7. The molecule has 8 rings (SSSR count). The number of hydrogen-bond acceptors (Lipinski definition) is 12. The first-order valence-electron chi connectivity index (χ1n) is 23.8. The monoisotopic (exact) mass is 926 g/mol. The molecule has 1 aliphatic heterocycles. The number of phenols is 2. The summed E-state index contributed by atoms with van der Waals surface area (Å²) in [6.07, 6.45) is 8.44. The van der Waals surface area contributed by atoms with Crippen molar-refractivity contribution in [3.63, 3.8) is 0 Å². The summed E-state index contributed by atoms with van der Waals surface area (Å²) in [5.74, 6) is -1.79. The smallest absolute Gasteiger partial charge is 0.476 e. The first-order chi connectivity index (χ1) is 32.4. The number of rotatable bonds is 18. The van der Waals surface area contributed by atoms with E-state index in [0.717, 1.165) is 35.8 Å². The van der Waals surface area contributed by atoms with Gasteiger partial charge in [0.1, 0.15) is 23.0 Å². The highest BCUT2D eigenvalue weighted by molar-refractivity contribution is 6.48. The van der Waals surface area contributed by atoms with Crippen molar-refractivity contribution in [2.24, 2.45) is 23.2 Å². The van der Waals surface area contributed by atoms with Crippen molar-refractivity contribution in [1.82, 2.24) is 30.8 Å². The number of likely N-dealkylation sites (N-methyl/N-ethyl adjacent to an activating group) is 1. The molecule has 16 nitrogen and oxygen atoms in total. The fourth-order valence-electron chi connectivity index (χ4n) is 11.6. The van der Waals surface area contributed by atoms with Gasteiger partial charge in [-0.05, 0) is 104 Å². The highest BCUT2D eigenvalue weighted by Crippen LogP contribution is 2.88. The summed E-state index contributed by atoms with van der Waals surface area (Å²) in [5, 5.41) is 48.8. The lowest BCUT2D eigenvalue weighted by Gasteiger charge is -2.88. The van der Waals surface area contributed by atoms with Crippen LogP contribution in [0.1, 0.15) is 111 Å². The molecule has 7 atom stereocenters. The van der Waals surface area contributed by atoms with Crippen molar-refractivity contribution in [2.75, 3.05) is 31.6 Å². The number of aromatic hydroxyl groups is 2. The number of phenolic OH excluding ortho intramolecular Hbond substituents is 2. The van der Waals surface area contributed by atoms with Gasteiger partial charge in [-0.3, -0.25) is 35.1 Å². The minimum absolute atomic E-state index is 0.0116. The average Bonchev–Trinajstić information content (AvgIpc) is 3.68. The summed E-state index contributed by atoms with van der Waals surface area (Å²) in [7, 11) is 1.23. The summed E-state index contributed by atoms with van der Waals surface area (Å²) < 4.78 is 14.4. The topological polar surface area (TPSA) is 226 Å². The Morgan fingerprint density at radius 2 is 1.72 bits per heavy atom. The number of nitrogens with one attached hydrogen (secondary N) is 5. The van der Waals surface area contributed by atoms with Gasteiger partial charge in [-0.25, -0.2) is 4.98 Å². The molecule has 3 saturated carbocycles. The molecule has 7 N–H and O–H groups in total. The van der Waals surface area contributed by atoms with Gasteiger partial charge in [0.05, 0.1) is 23.0 Å². The van der Waals surface area contributed by atoms with Crippen LogP contribution in [0.15, 0.2) is 85.3 Å². The van der Waals surface area contributed by atoms with E-state index in [1.165, 1.54) is 24.7 Å². The van der Waals surface area contributed by atoms with E-state index in [2.05, 4.69) is 58.8 Å². The zero-order chi connectivity index (χ0) is 48.7. The van der Waals surface area contributed by atoms with Gasteiger partial charge in [0, 0.05) is 73.8 Å². The van der Waals surface area contributed by atoms with Gasteiger partial charge in [0.15, 0.2) is 5.84 Å². The van der Waals surface area contributed by atoms with Gasteiger partial charge in [-0.2, -0.15) is 0 Å². The van der Waals surface area contributed by atoms with Crippen LogP contribution >= 0.6 is 0 Å². The minimum Gasteiger partial charge on any atom is -0.508 e. The van der Waals surface area contributed by atoms with Crippen LogP contribution < -0.4 is 20.9 Å². The zero-order valence-corrected chi connectivity index (χ0v) is 40.0. The number of carbonyl (C=O) groups is 3. The Morgan fingerprint density at radius 1 is 0.985 bits per heavy atom. The Hall–Kier alpha value is -6.17. The molecule has 17 heteroatoms. The van der Waals surface area contributed by atoms with Crippen molar-refractivity contribution in [2.45, 2.75) is 103 Å². The van der Waals surface area contributed by atoms with Crippen molar-refractivity contribution in [3.8, 4) is 11.5 Å². The lowest BCUT2D eigenvalue weighted by atomic mass is 9.20. The van der Waals surface area contributed by atoms with Gasteiger partial charge in [0.25, 0.3) is 17.7 Å². The lowest BCUT2D eigenvalue weighted by molar-refractivity contribution is -0.436. The molecule has 3 aliphatic carbocycles. The summed E-state index contributed by atoms with van der Waals surface area (Å²) >= 11 is 0. The Morgan fingerprint density at radius 3 is 2.35 bits per heavy atom. The second-order valence-corrected chi connectivity index (χ2v) is 19.9. The molecule has 4 aromatic rings. The first kappa shape index (κ1) is 48.3. The van der Waals surface area contributed by atoms with E-state index in [4.69, 9.17) is 20.1 Å². The number of fused-ring (bicyclic) bond motifs is 1. The van der Waals surface area contributed by atoms with Crippen molar-refractivity contribution in [3.05, 3.63) is 113 Å². The van der Waals surface area contributed by atoms with E-state index in [0.29, 0.717) is 54.8 Å². The molecule has 0 bridgehead atoms. The van der Waals surface area contributed by atoms with Crippen LogP contribution in [-0.4, -0.2) is 111 Å². The molecule has 3 amide bonds. The predicted molar refractivity (Wildman–Crippen MR) is 260 cm³/mol. The Balaban J connectivity index is 0.978. The van der Waals surface area contributed by atoms with Crippen LogP contribution in [0.3, 0.4) is 0 Å². The molecule has 1 saturated heterocycles. The number of benzene rings is 3. The average molecular weight is 926 g/mol. The number of carbonyl (C=O) groups excluding carboxylic acids is 3. The SMILES string of the molecule is CCNC(=O)C(=N)N(C(=N)c1cc(C(C)C)c(O)cc1O)c1ccc(C(=O)N(C)CCC23OB(C(CC(C)C)NCC(Cc4ccccc4)NC(=O)c4cnccn4)OC24CC2CC3C24C)cc1. The molecule has 1 aromatic heterocycles. The summed E-state index contributed by atoms with van der Waals surface area (Å²) in [6.45, 7) is 13.3. The maximum Gasteiger partial charge on any atom is 0.476 e. The van der Waals surface area contributed by atoms with Crippen LogP contribution in [0.5, 0.6) is 11.5 Å². The maximum atomic E-state index is 14.1. The normalized spacial score (nSPS) is 23.8. The van der Waals surface area contributed by atoms with Crippen molar-refractivity contribution >= 4 is 42.2 Å². The minimum atomic E-state index is -0.727. The standard InChI is InChI=1S/C51H64BN9O7/c1-8-56-47(65)45(54)61(44(53)38-25-37(31(4)5)40(62)26-41(38)63)36-16-14-33(15-17-36)48(66)60(7)21-18-50-42-24-34-27-51(50,49(34,42)6)68-52(67-50)43(22-30(2)3)58-28-35(23-32-12-10-9-11-13-32)59-46(64)39-29-55-19-20-57-39/h9-17,19-20,25-26,29-31,34-35,42-43,53-54,58,62-63H,8,18,21-24,27-28H2,1-7H3,(H,56,65)(H,59,64). The van der Waals surface area contributed by atoms with E-state index < -0.39 is 30.1 Å². The molecule has 358 valence electrons. The van der Waals surface area contributed by atoms with E-state index in [1.807, 2.05) is 32.0 Å². The van der Waals surface area contributed by atoms with Gasteiger partial charge in [-0.1, -0.05) is 65.0 Å². The molecule has 4 fully saturated rings. The summed E-state index contributed by atoms with van der Waals surface area (Å²) in [4.78, 5) is 51.6. The number of aromatic nitrogens is 2. The van der Waals surface area contributed by atoms with Crippen LogP contribution in [-0.2, 0) is 20.5 Å². The summed E-state index contributed by atoms with van der Waals surface area (Å²) in [6, 6.07) is 18.8. The molecule has 0 radical (unpaired) electrons. The molecular weight excluding hydrogens is 861 g/mol. The Bertz CT molecular complexity index is 2550. The first-order valence-corrected chi connectivity index (χ1v) is 23.8. The zero-order valence-electron chi connectivity index (χ0n) is 40.0. The van der Waals surface area contributed by atoms with Gasteiger partial charge < -0.3 is 40.4 Å². The van der Waals surface area contributed by atoms with Crippen LogP contribution in [0, 0.1) is 34.0 Å². The fourth-order valence-corrected chi connectivity index (χ4v) is 11.6. The molecule has 4 aliphatic rings. The quantitative estimate of drug-likeness (QED) is 0.0344. The third-order valence-electron chi connectivity index (χ3n) is 15.1. The fraction of sp³-hybridized carbons (Fsp3) is 0.471. The number of hydrogen-bond donors (Lipinski definition) is 7. The number of anilines is 1. The molecule has 1 spiro atoms. The third-order valence-corrected chi connectivity index (χ3v) is 15.1. The predicted octanol–water partition coefficient (Wildman–Crippen LogP) is 6.08. The number of amides is 3. The highest BCUT2D eigenvalue weighted by Gasteiger charge is 2.94. The molecule has 68 heavy (non-hydrogen) atoms. The molecule has 2 heterocycles. The van der Waals surface area contributed by atoms with E-state index in [-0.39, 0.29) is 76.0 Å². The summed E-state index contributed by atoms with van der Waals surface area (Å²) in [5.41, 5.74) is 1.46. The molecule has 7 unspecified atom stereocenters. The van der Waals surface area contributed by atoms with E-state index in [1.54, 1.807) is 43.1 Å². The molecular formula is C51H64BN9O7. The maximum absolute atomic E-state index is 14.1. The van der Waals surface area contributed by atoms with Crippen LogP contribution in [0.4, 0.5) is 5.69 Å². The number of nitrogens with zero attached hydrogens (tertiary/aromatic N) is 4. The van der Waals surface area contributed by atoms with Crippen molar-refractivity contribution < 1.29 is 33.9 Å². The van der Waals surface area contributed by atoms with E-state index in [9.17, 15) is 24.6 Å². The molecule has 3 aromatic carbocycles. The van der Waals surface area contributed by atoms with Crippen molar-refractivity contribution in [1.29, 1.82) is 10.8 Å². The second kappa shape index (κ2) is 19.1. The van der Waals surface area contributed by atoms with Crippen LogP contribution in [0.25, 0.3) is 0 Å². The lowest BCUT2D eigenvalue weighted by Crippen LogP contribution is -2.93. The number of amidine groups is 2. The van der Waals surface area contributed by atoms with Gasteiger partial charge in [-0.15, -0.1) is 0 Å². The Labute approximate surface area is 398 Å². The van der Waals surface area contributed by atoms with Gasteiger partial charge in [0.2, 0.25) is 0 Å². The van der Waals surface area contributed by atoms with Crippen LogP contribution in [0.2, 0.25) is 0 Å². The second-order valence-electron chi connectivity index (χ2n) is 19.9. The Kier molecular flexibility index (Phi) is 13.6. The third kappa shape index (κ3) is 8.42.